The van der Waals surface area contributed by atoms with E-state index in [4.69, 9.17) is 0 Å². The van der Waals surface area contributed by atoms with Gasteiger partial charge in [-0.15, -0.1) is 0 Å². The molecule has 0 fully saturated rings. The first kappa shape index (κ1) is 18.9. The van der Waals surface area contributed by atoms with Crippen LogP contribution in [0.5, 0.6) is 0 Å². The van der Waals surface area contributed by atoms with Crippen molar-refractivity contribution < 1.29 is 14.7 Å². The molecular formula is C19H25N3O3. The van der Waals surface area contributed by atoms with Crippen LogP contribution in [0, 0.1) is 5.92 Å². The van der Waals surface area contributed by atoms with Crippen LogP contribution in [0.2, 0.25) is 0 Å². The van der Waals surface area contributed by atoms with Crippen LogP contribution < -0.4 is 5.32 Å². The number of carbonyl (C=O) groups excluding carboxylic acids is 2. The molecule has 2 rings (SSSR count). The van der Waals surface area contributed by atoms with E-state index in [1.807, 2.05) is 38.1 Å². The third-order valence-electron chi connectivity index (χ3n) is 4.42. The first-order valence-corrected chi connectivity index (χ1v) is 8.41. The van der Waals surface area contributed by atoms with Crippen molar-refractivity contribution in [2.45, 2.75) is 45.6 Å². The summed E-state index contributed by atoms with van der Waals surface area (Å²) in [6.07, 6.45) is 4.26. The standard InChI is InChI=1S/C19H25N3O3/c1-13(2)19(25,12-17(24)18-20-10-11-21-18)9-8-15-4-6-16(7-5-15)22-14(3)23/h4-7,10-11,13,25H,8-9,12H2,1-3H3,(H,20,21)(H,22,23). The molecule has 25 heavy (non-hydrogen) atoms. The van der Waals surface area contributed by atoms with Gasteiger partial charge in [0.1, 0.15) is 0 Å². The minimum atomic E-state index is -1.10. The molecule has 0 aliphatic heterocycles. The van der Waals surface area contributed by atoms with Crippen LogP contribution in [-0.4, -0.2) is 32.4 Å². The number of aromatic amines is 1. The van der Waals surface area contributed by atoms with E-state index in [2.05, 4.69) is 15.3 Å². The molecule has 1 aromatic heterocycles. The number of rotatable bonds is 8. The Morgan fingerprint density at radius 1 is 1.28 bits per heavy atom. The molecule has 0 bridgehead atoms. The molecule has 0 radical (unpaired) electrons. The van der Waals surface area contributed by atoms with E-state index < -0.39 is 5.60 Å². The van der Waals surface area contributed by atoms with Crippen LogP contribution >= 0.6 is 0 Å². The molecule has 0 saturated heterocycles. The number of benzene rings is 1. The topological polar surface area (TPSA) is 95.1 Å². The molecule has 2 aromatic rings. The molecule has 134 valence electrons. The van der Waals surface area contributed by atoms with Crippen molar-refractivity contribution in [3.05, 3.63) is 48.0 Å². The highest BCUT2D eigenvalue weighted by Gasteiger charge is 2.34. The van der Waals surface area contributed by atoms with Crippen LogP contribution in [-0.2, 0) is 11.2 Å². The van der Waals surface area contributed by atoms with Gasteiger partial charge in [0.15, 0.2) is 5.82 Å². The van der Waals surface area contributed by atoms with Crippen molar-refractivity contribution in [1.29, 1.82) is 0 Å². The van der Waals surface area contributed by atoms with E-state index in [1.165, 1.54) is 13.1 Å². The Hall–Kier alpha value is -2.47. The maximum absolute atomic E-state index is 12.3. The number of nitrogens with one attached hydrogen (secondary N) is 2. The number of anilines is 1. The number of carbonyl (C=O) groups is 2. The van der Waals surface area contributed by atoms with Gasteiger partial charge in [0.2, 0.25) is 11.7 Å². The minimum absolute atomic E-state index is 0.0299. The molecule has 0 aliphatic carbocycles. The molecule has 1 atom stereocenters. The van der Waals surface area contributed by atoms with Gasteiger partial charge < -0.3 is 15.4 Å². The number of aromatic nitrogens is 2. The number of aryl methyl sites for hydroxylation is 1. The summed E-state index contributed by atoms with van der Waals surface area (Å²) in [5, 5.41) is 13.7. The zero-order chi connectivity index (χ0) is 18.4. The average molecular weight is 343 g/mol. The number of aliphatic hydroxyl groups is 1. The first-order chi connectivity index (χ1) is 11.8. The zero-order valence-electron chi connectivity index (χ0n) is 14.9. The average Bonchev–Trinajstić information content (AvgIpc) is 3.08. The first-order valence-electron chi connectivity index (χ1n) is 8.41. The summed E-state index contributed by atoms with van der Waals surface area (Å²) < 4.78 is 0. The number of hydrogen-bond donors (Lipinski definition) is 3. The van der Waals surface area contributed by atoms with Crippen molar-refractivity contribution >= 4 is 17.4 Å². The smallest absolute Gasteiger partial charge is 0.221 e. The second-order valence-electron chi connectivity index (χ2n) is 6.67. The van der Waals surface area contributed by atoms with Gasteiger partial charge >= 0.3 is 0 Å². The van der Waals surface area contributed by atoms with Crippen LogP contribution in [0.15, 0.2) is 36.7 Å². The van der Waals surface area contributed by atoms with Crippen LogP contribution in [0.3, 0.4) is 0 Å². The number of imidazole rings is 1. The van der Waals surface area contributed by atoms with Gasteiger partial charge in [-0.2, -0.15) is 0 Å². The van der Waals surface area contributed by atoms with E-state index >= 15 is 0 Å². The van der Waals surface area contributed by atoms with Crippen molar-refractivity contribution in [1.82, 2.24) is 9.97 Å². The lowest BCUT2D eigenvalue weighted by molar-refractivity contribution is -0.114. The van der Waals surface area contributed by atoms with Crippen LogP contribution in [0.1, 0.15) is 49.8 Å². The second kappa shape index (κ2) is 8.07. The molecule has 1 aromatic carbocycles. The van der Waals surface area contributed by atoms with Gasteiger partial charge in [-0.25, -0.2) is 4.98 Å². The number of ketones is 1. The summed E-state index contributed by atoms with van der Waals surface area (Å²) in [6.45, 7) is 5.29. The molecule has 0 aliphatic rings. The third kappa shape index (κ3) is 5.26. The lowest BCUT2D eigenvalue weighted by Crippen LogP contribution is -2.38. The Morgan fingerprint density at radius 2 is 1.96 bits per heavy atom. The summed E-state index contributed by atoms with van der Waals surface area (Å²) >= 11 is 0. The Bertz CT molecular complexity index is 708. The molecule has 0 saturated carbocycles. The number of H-pyrrole nitrogens is 1. The normalized spacial score (nSPS) is 13.5. The molecular weight excluding hydrogens is 318 g/mol. The van der Waals surface area contributed by atoms with Crippen LogP contribution in [0.25, 0.3) is 0 Å². The minimum Gasteiger partial charge on any atom is -0.389 e. The van der Waals surface area contributed by atoms with Gasteiger partial charge in [-0.05, 0) is 36.5 Å². The second-order valence-corrected chi connectivity index (χ2v) is 6.67. The quantitative estimate of drug-likeness (QED) is 0.642. The molecule has 0 spiro atoms. The van der Waals surface area contributed by atoms with Crippen molar-refractivity contribution in [2.24, 2.45) is 5.92 Å². The van der Waals surface area contributed by atoms with Crippen molar-refractivity contribution in [2.75, 3.05) is 5.32 Å². The number of hydrogen-bond acceptors (Lipinski definition) is 4. The van der Waals surface area contributed by atoms with E-state index in [0.29, 0.717) is 12.8 Å². The molecule has 1 heterocycles. The SMILES string of the molecule is CC(=O)Nc1ccc(CCC(O)(CC(=O)c2ncc[nH]2)C(C)C)cc1. The van der Waals surface area contributed by atoms with Gasteiger partial charge in [-0.3, -0.25) is 9.59 Å². The Labute approximate surface area is 147 Å². The predicted molar refractivity (Wildman–Crippen MR) is 96.4 cm³/mol. The third-order valence-corrected chi connectivity index (χ3v) is 4.42. The highest BCUT2D eigenvalue weighted by Crippen LogP contribution is 2.28. The predicted octanol–water partition coefficient (Wildman–Crippen LogP) is 2.96. The maximum atomic E-state index is 12.3. The number of nitrogens with zero attached hydrogens (tertiary/aromatic N) is 1. The Kier molecular flexibility index (Phi) is 6.09. The highest BCUT2D eigenvalue weighted by atomic mass is 16.3. The molecule has 1 unspecified atom stereocenters. The number of Topliss-reactive ketones (excluding diaryl/α,β-unsaturated/α-hetero) is 1. The Balaban J connectivity index is 2.01. The summed E-state index contributed by atoms with van der Waals surface area (Å²) in [7, 11) is 0. The van der Waals surface area contributed by atoms with Gasteiger partial charge in [0.05, 0.1) is 5.60 Å². The lowest BCUT2D eigenvalue weighted by Gasteiger charge is -2.31. The molecule has 1 amide bonds. The van der Waals surface area contributed by atoms with Gasteiger partial charge in [0, 0.05) is 31.4 Å². The van der Waals surface area contributed by atoms with Crippen molar-refractivity contribution in [3.63, 3.8) is 0 Å². The van der Waals surface area contributed by atoms with Gasteiger partial charge in [-0.1, -0.05) is 26.0 Å². The summed E-state index contributed by atoms with van der Waals surface area (Å²) in [5.41, 5.74) is 0.683. The van der Waals surface area contributed by atoms with E-state index in [-0.39, 0.29) is 29.9 Å². The summed E-state index contributed by atoms with van der Waals surface area (Å²) in [5.74, 6) is -0.0932. The monoisotopic (exact) mass is 343 g/mol. The molecule has 3 N–H and O–H groups in total. The van der Waals surface area contributed by atoms with Crippen molar-refractivity contribution in [3.8, 4) is 0 Å². The van der Waals surface area contributed by atoms with Crippen LogP contribution in [0.4, 0.5) is 5.69 Å². The summed E-state index contributed by atoms with van der Waals surface area (Å²) in [6, 6.07) is 7.50. The Morgan fingerprint density at radius 3 is 2.48 bits per heavy atom. The largest absolute Gasteiger partial charge is 0.389 e. The zero-order valence-corrected chi connectivity index (χ0v) is 14.9. The number of amides is 1. The maximum Gasteiger partial charge on any atom is 0.221 e. The van der Waals surface area contributed by atoms with Gasteiger partial charge in [0.25, 0.3) is 0 Å². The van der Waals surface area contributed by atoms with E-state index in [0.717, 1.165) is 11.3 Å². The lowest BCUT2D eigenvalue weighted by atomic mass is 9.80. The highest BCUT2D eigenvalue weighted by molar-refractivity contribution is 5.93. The van der Waals surface area contributed by atoms with E-state index in [1.54, 1.807) is 6.20 Å². The summed E-state index contributed by atoms with van der Waals surface area (Å²) in [4.78, 5) is 30.1. The fourth-order valence-corrected chi connectivity index (χ4v) is 2.68. The molecule has 6 nitrogen and oxygen atoms in total. The fourth-order valence-electron chi connectivity index (χ4n) is 2.68. The van der Waals surface area contributed by atoms with E-state index in [9.17, 15) is 14.7 Å². The fraction of sp³-hybridized carbons (Fsp3) is 0.421. The molecule has 6 heteroatoms.